The lowest BCUT2D eigenvalue weighted by Gasteiger charge is -2.66. The van der Waals surface area contributed by atoms with Gasteiger partial charge >= 0.3 is 0 Å². The zero-order chi connectivity index (χ0) is 24.2. The lowest BCUT2D eigenvalue weighted by atomic mass is 9.40. The number of ether oxygens (including phenoxy) is 1. The molecule has 2 bridgehead atoms. The summed E-state index contributed by atoms with van der Waals surface area (Å²) in [4.78, 5) is 17.3. The Kier molecular flexibility index (Phi) is 4.42. The third-order valence-corrected chi connectivity index (χ3v) is 6.77. The molecule has 10 nitrogen and oxygen atoms in total. The summed E-state index contributed by atoms with van der Waals surface area (Å²) in [5.74, 6) is 2.06. The Hall–Kier alpha value is -4.70. The van der Waals surface area contributed by atoms with E-state index in [9.17, 15) is 5.26 Å². The minimum Gasteiger partial charge on any atom is -0.436 e. The number of benzene rings is 1. The monoisotopic (exact) mass is 463 g/mol. The largest absolute Gasteiger partial charge is 0.436 e. The molecule has 0 amide bonds. The summed E-state index contributed by atoms with van der Waals surface area (Å²) in [6.07, 6.45) is 9.02. The van der Waals surface area contributed by atoms with Crippen molar-refractivity contribution in [2.24, 2.45) is 5.41 Å². The Labute approximate surface area is 200 Å². The number of nitrogens with zero attached hydrogens (tertiary/aromatic N) is 6. The van der Waals surface area contributed by atoms with Crippen LogP contribution in [0.5, 0.6) is 11.6 Å². The zero-order valence-corrected chi connectivity index (χ0v) is 19.2. The molecule has 1 aromatic carbocycles. The normalized spacial score (nSPS) is 22.3. The van der Waals surface area contributed by atoms with E-state index in [2.05, 4.69) is 36.5 Å². The minimum atomic E-state index is -0.187. The van der Waals surface area contributed by atoms with Crippen LogP contribution in [-0.2, 0) is 0 Å². The van der Waals surface area contributed by atoms with Crippen LogP contribution in [0.15, 0.2) is 30.6 Å². The first kappa shape index (κ1) is 20.9. The standard InChI is InChI=1S/C25H21N9O/c1-14-6-16(4-3-5-26)7-15(2)19(14)35-22-18-21(31-20(30-18)17-8-28-29-9-17)32-23(33-22)34-25-10-24(11-25,12-25)13-27/h3-4,6-9H,10-12H2,1-2H3,(H,28,29)(H2,30,31,32,33,34)/b4-3+. The fourth-order valence-corrected chi connectivity index (χ4v) is 5.27. The van der Waals surface area contributed by atoms with Gasteiger partial charge in [-0.05, 0) is 68.0 Å². The molecule has 0 aliphatic heterocycles. The van der Waals surface area contributed by atoms with Crippen LogP contribution in [0.4, 0.5) is 5.95 Å². The van der Waals surface area contributed by atoms with Crippen molar-refractivity contribution in [2.45, 2.75) is 38.6 Å². The lowest BCUT2D eigenvalue weighted by molar-refractivity contribution is -0.0665. The van der Waals surface area contributed by atoms with E-state index in [4.69, 9.17) is 15.0 Å². The van der Waals surface area contributed by atoms with Gasteiger partial charge in [-0.15, -0.1) is 0 Å². The summed E-state index contributed by atoms with van der Waals surface area (Å²) in [6, 6.07) is 8.36. The average molecular weight is 464 g/mol. The van der Waals surface area contributed by atoms with Crippen molar-refractivity contribution in [3.05, 3.63) is 47.3 Å². The number of hydrogen-bond acceptors (Lipinski definition) is 8. The second kappa shape index (κ2) is 7.40. The second-order valence-electron chi connectivity index (χ2n) is 9.50. The van der Waals surface area contributed by atoms with E-state index in [1.165, 1.54) is 6.08 Å². The molecule has 172 valence electrons. The number of rotatable bonds is 6. The van der Waals surface area contributed by atoms with Gasteiger partial charge in [0, 0.05) is 17.8 Å². The highest BCUT2D eigenvalue weighted by atomic mass is 16.5. The average Bonchev–Trinajstić information content (AvgIpc) is 3.46. The van der Waals surface area contributed by atoms with E-state index in [0.29, 0.717) is 34.6 Å². The summed E-state index contributed by atoms with van der Waals surface area (Å²) in [6.45, 7) is 3.91. The molecule has 3 saturated carbocycles. The predicted octanol–water partition coefficient (Wildman–Crippen LogP) is 4.55. The molecule has 3 N–H and O–H groups in total. The SMILES string of the molecule is Cc1cc(/C=C/C#N)cc(C)c1Oc1nc(NC23CC(C#N)(C2)C3)nc2nc(-c3cn[nH]c3)[nH]c12. The summed E-state index contributed by atoms with van der Waals surface area (Å²) in [5.41, 5.74) is 4.26. The fourth-order valence-electron chi connectivity index (χ4n) is 5.27. The number of aryl methyl sites for hydroxylation is 2. The first-order valence-electron chi connectivity index (χ1n) is 11.2. The van der Waals surface area contributed by atoms with Gasteiger partial charge in [0.2, 0.25) is 5.95 Å². The van der Waals surface area contributed by atoms with E-state index in [1.54, 1.807) is 18.5 Å². The highest BCUT2D eigenvalue weighted by molar-refractivity contribution is 5.82. The summed E-state index contributed by atoms with van der Waals surface area (Å²) >= 11 is 0. The van der Waals surface area contributed by atoms with Crippen molar-refractivity contribution in [1.82, 2.24) is 30.1 Å². The Morgan fingerprint density at radius 2 is 1.89 bits per heavy atom. The van der Waals surface area contributed by atoms with Crippen LogP contribution in [0, 0.1) is 41.9 Å². The number of allylic oxidation sites excluding steroid dienone is 1. The minimum absolute atomic E-state index is 0.134. The van der Waals surface area contributed by atoms with Crippen LogP contribution in [0.2, 0.25) is 0 Å². The van der Waals surface area contributed by atoms with Crippen molar-refractivity contribution >= 4 is 23.2 Å². The number of H-pyrrole nitrogens is 2. The molecule has 4 aromatic rings. The number of nitriles is 2. The molecule has 3 aliphatic rings. The van der Waals surface area contributed by atoms with Crippen LogP contribution in [-0.4, -0.2) is 35.7 Å². The van der Waals surface area contributed by atoms with Crippen molar-refractivity contribution in [3.63, 3.8) is 0 Å². The van der Waals surface area contributed by atoms with Crippen molar-refractivity contribution in [3.8, 4) is 35.2 Å². The molecule has 7 rings (SSSR count). The highest BCUT2D eigenvalue weighted by Gasteiger charge is 2.69. The molecule has 0 atom stereocenters. The Balaban J connectivity index is 1.40. The first-order chi connectivity index (χ1) is 16.9. The number of aromatic amines is 2. The predicted molar refractivity (Wildman–Crippen MR) is 128 cm³/mol. The van der Waals surface area contributed by atoms with Crippen LogP contribution in [0.25, 0.3) is 28.6 Å². The maximum absolute atomic E-state index is 9.35. The van der Waals surface area contributed by atoms with Gasteiger partial charge < -0.3 is 15.0 Å². The van der Waals surface area contributed by atoms with E-state index in [0.717, 1.165) is 41.5 Å². The zero-order valence-electron chi connectivity index (χ0n) is 19.2. The lowest BCUT2D eigenvalue weighted by Crippen LogP contribution is -2.70. The molecule has 10 heteroatoms. The Bertz CT molecular complexity index is 1540. The van der Waals surface area contributed by atoms with Crippen LogP contribution < -0.4 is 10.1 Å². The molecule has 3 aliphatic carbocycles. The Morgan fingerprint density at radius 3 is 2.54 bits per heavy atom. The van der Waals surface area contributed by atoms with Gasteiger partial charge in [-0.25, -0.2) is 4.98 Å². The van der Waals surface area contributed by atoms with Crippen molar-refractivity contribution in [2.75, 3.05) is 5.32 Å². The van der Waals surface area contributed by atoms with Gasteiger partial charge in [0.05, 0.1) is 29.3 Å². The van der Waals surface area contributed by atoms with E-state index in [-0.39, 0.29) is 11.0 Å². The summed E-state index contributed by atoms with van der Waals surface area (Å²) in [7, 11) is 0. The summed E-state index contributed by atoms with van der Waals surface area (Å²) in [5, 5.41) is 28.4. The highest BCUT2D eigenvalue weighted by Crippen LogP contribution is 2.67. The van der Waals surface area contributed by atoms with Crippen LogP contribution in [0.3, 0.4) is 0 Å². The quantitative estimate of drug-likeness (QED) is 0.352. The molecule has 3 aromatic heterocycles. The topological polar surface area (TPSA) is 152 Å². The van der Waals surface area contributed by atoms with Crippen molar-refractivity contribution < 1.29 is 4.74 Å². The number of imidazole rings is 1. The molecule has 3 heterocycles. The molecule has 0 spiro atoms. The van der Waals surface area contributed by atoms with Crippen LogP contribution >= 0.6 is 0 Å². The third-order valence-electron chi connectivity index (χ3n) is 6.77. The molecular formula is C25H21N9O. The maximum Gasteiger partial charge on any atom is 0.250 e. The van der Waals surface area contributed by atoms with Gasteiger partial charge in [0.1, 0.15) is 17.1 Å². The van der Waals surface area contributed by atoms with E-state index >= 15 is 0 Å². The molecule has 0 radical (unpaired) electrons. The van der Waals surface area contributed by atoms with Gasteiger partial charge in [-0.1, -0.05) is 0 Å². The molecule has 0 saturated heterocycles. The molecule has 35 heavy (non-hydrogen) atoms. The maximum atomic E-state index is 9.35. The van der Waals surface area contributed by atoms with E-state index in [1.807, 2.05) is 32.0 Å². The van der Waals surface area contributed by atoms with Crippen LogP contribution in [0.1, 0.15) is 36.0 Å². The Morgan fingerprint density at radius 1 is 1.11 bits per heavy atom. The number of nitrogens with one attached hydrogen (secondary N) is 3. The number of fused-ring (bicyclic) bond motifs is 1. The first-order valence-corrected chi connectivity index (χ1v) is 11.2. The smallest absolute Gasteiger partial charge is 0.250 e. The molecule has 3 fully saturated rings. The van der Waals surface area contributed by atoms with Crippen molar-refractivity contribution in [1.29, 1.82) is 10.5 Å². The molecular weight excluding hydrogens is 442 g/mol. The van der Waals surface area contributed by atoms with E-state index < -0.39 is 0 Å². The number of anilines is 1. The summed E-state index contributed by atoms with van der Waals surface area (Å²) < 4.78 is 6.38. The second-order valence-corrected chi connectivity index (χ2v) is 9.50. The van der Waals surface area contributed by atoms with Gasteiger partial charge in [0.15, 0.2) is 5.65 Å². The fraction of sp³-hybridized carbons (Fsp3) is 0.280. The number of hydrogen-bond donors (Lipinski definition) is 3. The molecule has 0 unspecified atom stereocenters. The van der Waals surface area contributed by atoms with Gasteiger partial charge in [-0.3, -0.25) is 5.10 Å². The van der Waals surface area contributed by atoms with Gasteiger partial charge in [-0.2, -0.15) is 25.6 Å². The third kappa shape index (κ3) is 3.39. The van der Waals surface area contributed by atoms with Gasteiger partial charge in [0.25, 0.3) is 5.88 Å². The number of aromatic nitrogens is 6.